The predicted molar refractivity (Wildman–Crippen MR) is 131 cm³/mol. The van der Waals surface area contributed by atoms with E-state index in [0.29, 0.717) is 62.3 Å². The number of piperazine rings is 1. The van der Waals surface area contributed by atoms with Gasteiger partial charge in [0.05, 0.1) is 22.8 Å². The maximum absolute atomic E-state index is 13.8. The summed E-state index contributed by atoms with van der Waals surface area (Å²) in [6.07, 6.45) is -3.11. The van der Waals surface area contributed by atoms with Gasteiger partial charge in [0.2, 0.25) is 5.95 Å². The third-order valence-corrected chi connectivity index (χ3v) is 6.50. The minimum Gasteiger partial charge on any atom is -0.353 e. The molecule has 0 radical (unpaired) electrons. The molecule has 0 amide bonds. The van der Waals surface area contributed by atoms with Crippen molar-refractivity contribution in [3.8, 4) is 11.3 Å². The molecule has 7 nitrogen and oxygen atoms in total. The quantitative estimate of drug-likeness (QED) is 0.456. The number of aromatic nitrogens is 3. The van der Waals surface area contributed by atoms with Crippen LogP contribution < -0.4 is 14.7 Å². The van der Waals surface area contributed by atoms with Crippen LogP contribution in [0.4, 0.5) is 35.1 Å². The van der Waals surface area contributed by atoms with Crippen LogP contribution in [0.5, 0.6) is 0 Å². The Morgan fingerprint density at radius 2 is 1.69 bits per heavy atom. The number of halogens is 5. The molecule has 0 aliphatic carbocycles. The Morgan fingerprint density at radius 1 is 0.944 bits per heavy atom. The summed E-state index contributed by atoms with van der Waals surface area (Å²) in [5.41, 5.74) is 0.437. The molecule has 12 heteroatoms. The van der Waals surface area contributed by atoms with Gasteiger partial charge in [-0.3, -0.25) is 9.89 Å². The van der Waals surface area contributed by atoms with Gasteiger partial charge in [0, 0.05) is 50.6 Å². The molecule has 1 aromatic carbocycles. The van der Waals surface area contributed by atoms with Crippen LogP contribution in [0, 0.1) is 5.82 Å². The van der Waals surface area contributed by atoms with Gasteiger partial charge in [-0.25, -0.2) is 14.4 Å². The first kappa shape index (κ1) is 24.2. The molecule has 2 aliphatic heterocycles. The standard InChI is InChI=1S/C24H22ClF4N7/c1-15-30-7-8-36(15)23-32-20(16-4-5-19(26)18(25)13-16)14-21(33-23)34-9-11-35(12-10-34)22-17(24(27,28)29)3-2-6-31-22/h2-6,13-14H,7-12H2,1H3. The molecular formula is C24H22ClF4N7. The van der Waals surface area contributed by atoms with Crippen molar-refractivity contribution < 1.29 is 17.6 Å². The Kier molecular flexibility index (Phi) is 6.42. The Balaban J connectivity index is 1.44. The van der Waals surface area contributed by atoms with E-state index in [9.17, 15) is 17.6 Å². The molecule has 36 heavy (non-hydrogen) atoms. The van der Waals surface area contributed by atoms with Crippen molar-refractivity contribution >= 4 is 35.0 Å². The lowest BCUT2D eigenvalue weighted by Gasteiger charge is -2.37. The zero-order valence-corrected chi connectivity index (χ0v) is 20.1. The Hall–Kier alpha value is -3.47. The van der Waals surface area contributed by atoms with Crippen molar-refractivity contribution in [2.45, 2.75) is 13.1 Å². The Morgan fingerprint density at radius 3 is 2.36 bits per heavy atom. The van der Waals surface area contributed by atoms with Crippen LogP contribution in [-0.4, -0.2) is 60.1 Å². The highest BCUT2D eigenvalue weighted by Crippen LogP contribution is 2.36. The third kappa shape index (κ3) is 4.79. The molecule has 188 valence electrons. The molecule has 0 N–H and O–H groups in total. The zero-order valence-electron chi connectivity index (χ0n) is 19.3. The molecule has 1 saturated heterocycles. The number of amidine groups is 1. The van der Waals surface area contributed by atoms with E-state index in [1.807, 2.05) is 16.7 Å². The van der Waals surface area contributed by atoms with Crippen LogP contribution in [0.2, 0.25) is 5.02 Å². The van der Waals surface area contributed by atoms with Crippen LogP contribution in [0.3, 0.4) is 0 Å². The van der Waals surface area contributed by atoms with Gasteiger partial charge in [-0.1, -0.05) is 11.6 Å². The van der Waals surface area contributed by atoms with Crippen molar-refractivity contribution in [1.29, 1.82) is 0 Å². The Bertz CT molecular complexity index is 1310. The summed E-state index contributed by atoms with van der Waals surface area (Å²) in [6, 6.07) is 8.51. The van der Waals surface area contributed by atoms with Crippen molar-refractivity contribution in [2.75, 3.05) is 54.0 Å². The summed E-state index contributed by atoms with van der Waals surface area (Å²) >= 11 is 6.01. The molecule has 2 aromatic heterocycles. The maximum atomic E-state index is 13.8. The second-order valence-corrected chi connectivity index (χ2v) is 8.87. The van der Waals surface area contributed by atoms with Gasteiger partial charge >= 0.3 is 6.18 Å². The fraction of sp³-hybridized carbons (Fsp3) is 0.333. The summed E-state index contributed by atoms with van der Waals surface area (Å²) in [5.74, 6) is 1.26. The number of pyridine rings is 1. The van der Waals surface area contributed by atoms with Gasteiger partial charge in [0.15, 0.2) is 0 Å². The smallest absolute Gasteiger partial charge is 0.353 e. The minimum atomic E-state index is -4.48. The molecule has 0 saturated carbocycles. The largest absolute Gasteiger partial charge is 0.419 e. The van der Waals surface area contributed by atoms with E-state index in [1.54, 1.807) is 17.0 Å². The lowest BCUT2D eigenvalue weighted by Crippen LogP contribution is -2.47. The molecule has 4 heterocycles. The van der Waals surface area contributed by atoms with E-state index in [4.69, 9.17) is 16.6 Å². The van der Waals surface area contributed by atoms with Crippen LogP contribution in [-0.2, 0) is 6.18 Å². The SMILES string of the molecule is CC1=NCCN1c1nc(-c2ccc(F)c(Cl)c2)cc(N2CCN(c3ncccc3C(F)(F)F)CC2)n1. The monoisotopic (exact) mass is 519 g/mol. The number of benzene rings is 1. The van der Waals surface area contributed by atoms with Gasteiger partial charge in [0.1, 0.15) is 23.3 Å². The number of hydrogen-bond donors (Lipinski definition) is 0. The molecule has 0 spiro atoms. The van der Waals surface area contributed by atoms with Crippen molar-refractivity contribution in [2.24, 2.45) is 4.99 Å². The zero-order chi connectivity index (χ0) is 25.4. The molecule has 0 bridgehead atoms. The normalized spacial score (nSPS) is 16.5. The lowest BCUT2D eigenvalue weighted by atomic mass is 10.1. The van der Waals surface area contributed by atoms with E-state index in [-0.39, 0.29) is 10.8 Å². The third-order valence-electron chi connectivity index (χ3n) is 6.21. The highest BCUT2D eigenvalue weighted by molar-refractivity contribution is 6.31. The van der Waals surface area contributed by atoms with Crippen LogP contribution >= 0.6 is 11.6 Å². The van der Waals surface area contributed by atoms with E-state index in [1.165, 1.54) is 24.4 Å². The number of anilines is 3. The molecule has 1 fully saturated rings. The van der Waals surface area contributed by atoms with Crippen molar-refractivity contribution in [3.05, 3.63) is 59.0 Å². The molecule has 0 atom stereocenters. The van der Waals surface area contributed by atoms with Crippen molar-refractivity contribution in [3.63, 3.8) is 0 Å². The average molecular weight is 520 g/mol. The van der Waals surface area contributed by atoms with E-state index in [0.717, 1.165) is 11.9 Å². The first-order valence-corrected chi connectivity index (χ1v) is 11.7. The number of aliphatic imine (C=N–C) groups is 1. The van der Waals surface area contributed by atoms with Gasteiger partial charge in [0.25, 0.3) is 0 Å². The van der Waals surface area contributed by atoms with Crippen LogP contribution in [0.25, 0.3) is 11.3 Å². The fourth-order valence-electron chi connectivity index (χ4n) is 4.33. The summed E-state index contributed by atoms with van der Waals surface area (Å²) in [4.78, 5) is 23.4. The van der Waals surface area contributed by atoms with Gasteiger partial charge < -0.3 is 9.80 Å². The van der Waals surface area contributed by atoms with E-state index >= 15 is 0 Å². The summed E-state index contributed by atoms with van der Waals surface area (Å²) in [6.45, 7) is 4.67. The molecule has 5 rings (SSSR count). The van der Waals surface area contributed by atoms with Crippen LogP contribution in [0.15, 0.2) is 47.6 Å². The first-order valence-electron chi connectivity index (χ1n) is 11.4. The average Bonchev–Trinajstić information content (AvgIpc) is 3.31. The number of nitrogens with zero attached hydrogens (tertiary/aromatic N) is 7. The van der Waals surface area contributed by atoms with Crippen molar-refractivity contribution in [1.82, 2.24) is 15.0 Å². The topological polar surface area (TPSA) is 60.8 Å². The number of rotatable bonds is 4. The maximum Gasteiger partial charge on any atom is 0.419 e. The number of alkyl halides is 3. The molecule has 2 aliphatic rings. The Labute approximate surface area is 210 Å². The second kappa shape index (κ2) is 9.53. The van der Waals surface area contributed by atoms with E-state index in [2.05, 4.69) is 15.0 Å². The molecule has 0 unspecified atom stereocenters. The predicted octanol–water partition coefficient (Wildman–Crippen LogP) is 4.91. The lowest BCUT2D eigenvalue weighted by molar-refractivity contribution is -0.137. The molecule has 3 aromatic rings. The molecular weight excluding hydrogens is 498 g/mol. The van der Waals surface area contributed by atoms with Crippen LogP contribution in [0.1, 0.15) is 12.5 Å². The summed E-state index contributed by atoms with van der Waals surface area (Å²) in [7, 11) is 0. The van der Waals surface area contributed by atoms with E-state index < -0.39 is 17.6 Å². The second-order valence-electron chi connectivity index (χ2n) is 8.47. The summed E-state index contributed by atoms with van der Waals surface area (Å²) < 4.78 is 54.2. The fourth-order valence-corrected chi connectivity index (χ4v) is 4.51. The highest BCUT2D eigenvalue weighted by Gasteiger charge is 2.36. The first-order chi connectivity index (χ1) is 17.2. The minimum absolute atomic E-state index is 0.0161. The number of hydrogen-bond acceptors (Lipinski definition) is 7. The highest BCUT2D eigenvalue weighted by atomic mass is 35.5. The summed E-state index contributed by atoms with van der Waals surface area (Å²) in [5, 5.41) is -0.0161. The van der Waals surface area contributed by atoms with Gasteiger partial charge in [-0.2, -0.15) is 18.2 Å². The van der Waals surface area contributed by atoms with Gasteiger partial charge in [-0.15, -0.1) is 0 Å². The van der Waals surface area contributed by atoms with Gasteiger partial charge in [-0.05, 0) is 37.3 Å².